The van der Waals surface area contributed by atoms with E-state index in [1.165, 1.54) is 23.9 Å². The molecule has 0 spiro atoms. The number of hydrogen-bond donors (Lipinski definition) is 1. The van der Waals surface area contributed by atoms with E-state index in [1.54, 1.807) is 18.3 Å². The van der Waals surface area contributed by atoms with Crippen LogP contribution < -0.4 is 5.32 Å². The Labute approximate surface area is 144 Å². The van der Waals surface area contributed by atoms with Gasteiger partial charge in [-0.3, -0.25) is 9.20 Å². The second-order valence-corrected chi connectivity index (χ2v) is 6.89. The summed E-state index contributed by atoms with van der Waals surface area (Å²) in [5.74, 6) is -0.364. The summed E-state index contributed by atoms with van der Waals surface area (Å²) < 4.78 is 14.9. The molecule has 1 N–H and O–H groups in total. The van der Waals surface area contributed by atoms with Crippen molar-refractivity contribution in [1.29, 1.82) is 0 Å². The van der Waals surface area contributed by atoms with Crippen LogP contribution in [0.5, 0.6) is 0 Å². The quantitative estimate of drug-likeness (QED) is 0.716. The van der Waals surface area contributed by atoms with Crippen LogP contribution in [-0.4, -0.2) is 20.5 Å². The summed E-state index contributed by atoms with van der Waals surface area (Å²) >= 11 is 1.41. The monoisotopic (exact) mass is 343 g/mol. The first kappa shape index (κ1) is 16.5. The number of amides is 1. The fourth-order valence-corrected chi connectivity index (χ4v) is 3.27. The first-order valence-corrected chi connectivity index (χ1v) is 8.57. The molecule has 0 bridgehead atoms. The number of hydrogen-bond acceptors (Lipinski definition) is 3. The molecule has 2 heterocycles. The van der Waals surface area contributed by atoms with Gasteiger partial charge in [0.1, 0.15) is 5.82 Å². The van der Waals surface area contributed by atoms with Crippen LogP contribution in [0.4, 0.5) is 4.39 Å². The van der Waals surface area contributed by atoms with E-state index < -0.39 is 0 Å². The highest BCUT2D eigenvalue weighted by molar-refractivity contribution is 8.00. The first-order valence-electron chi connectivity index (χ1n) is 7.69. The Bertz CT molecular complexity index is 847. The summed E-state index contributed by atoms with van der Waals surface area (Å²) in [6, 6.07) is 11.8. The molecular weight excluding hydrogens is 325 g/mol. The molecule has 0 fully saturated rings. The van der Waals surface area contributed by atoms with Gasteiger partial charge in [0.15, 0.2) is 5.16 Å². The molecule has 1 aromatic carbocycles. The number of fused-ring (bicyclic) bond motifs is 1. The van der Waals surface area contributed by atoms with Gasteiger partial charge in [-0.25, -0.2) is 9.37 Å². The largest absolute Gasteiger partial charge is 0.349 e. The van der Waals surface area contributed by atoms with Gasteiger partial charge in [0.2, 0.25) is 5.91 Å². The smallest absolute Gasteiger partial charge is 0.233 e. The summed E-state index contributed by atoms with van der Waals surface area (Å²) in [6.07, 6.45) is 3.71. The fraction of sp³-hybridized carbons (Fsp3) is 0.222. The van der Waals surface area contributed by atoms with E-state index in [4.69, 9.17) is 0 Å². The van der Waals surface area contributed by atoms with Crippen molar-refractivity contribution in [3.8, 4) is 0 Å². The number of carbonyl (C=O) groups is 1. The summed E-state index contributed by atoms with van der Waals surface area (Å²) in [5, 5.41) is 3.44. The van der Waals surface area contributed by atoms with Gasteiger partial charge in [-0.1, -0.05) is 30.0 Å². The van der Waals surface area contributed by atoms with Crippen LogP contribution in [0.3, 0.4) is 0 Å². The third-order valence-electron chi connectivity index (χ3n) is 3.78. The lowest BCUT2D eigenvalue weighted by atomic mass is 10.1. The van der Waals surface area contributed by atoms with Crippen LogP contribution in [0, 0.1) is 5.82 Å². The summed E-state index contributed by atoms with van der Waals surface area (Å²) in [6.45, 7) is 3.73. The Balaban J connectivity index is 1.65. The standard InChI is InChI=1S/C18H18FN3OS/c1-12(14-6-8-15(19)9-7-14)21-17(23)13(2)24-18-20-11-16-5-3-4-10-22(16)18/h3-13H,1-2H3,(H,21,23). The van der Waals surface area contributed by atoms with E-state index in [1.807, 2.05) is 42.6 Å². The number of nitrogens with zero attached hydrogens (tertiary/aromatic N) is 2. The van der Waals surface area contributed by atoms with Crippen molar-refractivity contribution in [2.24, 2.45) is 0 Å². The molecule has 124 valence electrons. The highest BCUT2D eigenvalue weighted by Crippen LogP contribution is 2.24. The molecule has 2 atom stereocenters. The molecule has 0 aliphatic rings. The number of benzene rings is 1. The molecule has 24 heavy (non-hydrogen) atoms. The Morgan fingerprint density at radius 1 is 1.21 bits per heavy atom. The van der Waals surface area contributed by atoms with Crippen LogP contribution in [0.2, 0.25) is 0 Å². The van der Waals surface area contributed by atoms with Crippen molar-refractivity contribution in [2.45, 2.75) is 30.3 Å². The van der Waals surface area contributed by atoms with Gasteiger partial charge in [-0.2, -0.15) is 0 Å². The van der Waals surface area contributed by atoms with E-state index in [2.05, 4.69) is 10.3 Å². The maximum atomic E-state index is 13.0. The van der Waals surface area contributed by atoms with Crippen molar-refractivity contribution >= 4 is 23.2 Å². The van der Waals surface area contributed by atoms with Crippen LogP contribution in [0.25, 0.3) is 5.52 Å². The van der Waals surface area contributed by atoms with Crippen LogP contribution in [0.15, 0.2) is 60.0 Å². The minimum atomic E-state index is -0.293. The number of aromatic nitrogens is 2. The maximum Gasteiger partial charge on any atom is 0.233 e. The molecule has 3 rings (SSSR count). The first-order chi connectivity index (χ1) is 11.5. The van der Waals surface area contributed by atoms with Gasteiger partial charge in [0.25, 0.3) is 0 Å². The van der Waals surface area contributed by atoms with E-state index in [-0.39, 0.29) is 23.0 Å². The van der Waals surface area contributed by atoms with Crippen molar-refractivity contribution in [1.82, 2.24) is 14.7 Å². The van der Waals surface area contributed by atoms with Crippen LogP contribution in [0.1, 0.15) is 25.5 Å². The molecule has 0 aliphatic heterocycles. The highest BCUT2D eigenvalue weighted by atomic mass is 32.2. The van der Waals surface area contributed by atoms with Gasteiger partial charge in [0, 0.05) is 6.20 Å². The predicted molar refractivity (Wildman–Crippen MR) is 93.5 cm³/mol. The number of nitrogens with one attached hydrogen (secondary N) is 1. The van der Waals surface area contributed by atoms with Gasteiger partial charge in [-0.05, 0) is 43.7 Å². The average Bonchev–Trinajstić information content (AvgIpc) is 2.98. The molecule has 1 amide bonds. The summed E-state index contributed by atoms with van der Waals surface area (Å²) in [5.41, 5.74) is 1.86. The molecular formula is C18H18FN3OS. The molecule has 2 unspecified atom stereocenters. The lowest BCUT2D eigenvalue weighted by Gasteiger charge is -2.17. The lowest BCUT2D eigenvalue weighted by Crippen LogP contribution is -2.33. The van der Waals surface area contributed by atoms with Gasteiger partial charge >= 0.3 is 0 Å². The Morgan fingerprint density at radius 3 is 2.71 bits per heavy atom. The molecule has 0 aliphatic carbocycles. The number of halogens is 1. The Morgan fingerprint density at radius 2 is 1.96 bits per heavy atom. The van der Waals surface area contributed by atoms with Gasteiger partial charge in [-0.15, -0.1) is 0 Å². The van der Waals surface area contributed by atoms with E-state index in [0.717, 1.165) is 16.2 Å². The molecule has 2 aromatic heterocycles. The number of rotatable bonds is 5. The number of thioether (sulfide) groups is 1. The van der Waals surface area contributed by atoms with Gasteiger partial charge in [0.05, 0.1) is 23.0 Å². The zero-order chi connectivity index (χ0) is 17.1. The minimum absolute atomic E-state index is 0.0792. The zero-order valence-corrected chi connectivity index (χ0v) is 14.3. The molecule has 4 nitrogen and oxygen atoms in total. The minimum Gasteiger partial charge on any atom is -0.349 e. The Kier molecular flexibility index (Phi) is 4.85. The third-order valence-corrected chi connectivity index (χ3v) is 4.87. The highest BCUT2D eigenvalue weighted by Gasteiger charge is 2.19. The van der Waals surface area contributed by atoms with E-state index in [9.17, 15) is 9.18 Å². The van der Waals surface area contributed by atoms with Crippen LogP contribution in [-0.2, 0) is 4.79 Å². The van der Waals surface area contributed by atoms with Crippen LogP contribution >= 0.6 is 11.8 Å². The topological polar surface area (TPSA) is 46.4 Å². The normalized spacial score (nSPS) is 13.6. The van der Waals surface area contributed by atoms with Crippen molar-refractivity contribution < 1.29 is 9.18 Å². The van der Waals surface area contributed by atoms with Crippen molar-refractivity contribution in [3.05, 3.63) is 66.2 Å². The number of imidazole rings is 1. The molecule has 3 aromatic rings. The van der Waals surface area contributed by atoms with Crippen molar-refractivity contribution in [3.63, 3.8) is 0 Å². The van der Waals surface area contributed by atoms with E-state index in [0.29, 0.717) is 0 Å². The molecule has 0 saturated heterocycles. The second kappa shape index (κ2) is 7.05. The molecule has 6 heteroatoms. The zero-order valence-electron chi connectivity index (χ0n) is 13.4. The van der Waals surface area contributed by atoms with Gasteiger partial charge < -0.3 is 5.32 Å². The SMILES string of the molecule is CC(Sc1ncc2ccccn12)C(=O)NC(C)c1ccc(F)cc1. The predicted octanol–water partition coefficient (Wildman–Crippen LogP) is 3.83. The number of pyridine rings is 1. The summed E-state index contributed by atoms with van der Waals surface area (Å²) in [4.78, 5) is 16.8. The fourth-order valence-electron chi connectivity index (χ4n) is 2.38. The average molecular weight is 343 g/mol. The lowest BCUT2D eigenvalue weighted by molar-refractivity contribution is -0.120. The maximum absolute atomic E-state index is 13.0. The second-order valence-electron chi connectivity index (χ2n) is 5.58. The summed E-state index contributed by atoms with van der Waals surface area (Å²) in [7, 11) is 0. The molecule has 0 saturated carbocycles. The van der Waals surface area contributed by atoms with Crippen molar-refractivity contribution in [2.75, 3.05) is 0 Å². The Hall–Kier alpha value is -2.34. The number of carbonyl (C=O) groups excluding carboxylic acids is 1. The van der Waals surface area contributed by atoms with E-state index >= 15 is 0 Å². The molecule has 0 radical (unpaired) electrons. The third kappa shape index (κ3) is 3.59.